The Morgan fingerprint density at radius 2 is 2.00 bits per heavy atom. The van der Waals surface area contributed by atoms with Crippen molar-refractivity contribution < 1.29 is 9.47 Å². The maximum absolute atomic E-state index is 5.83. The van der Waals surface area contributed by atoms with E-state index >= 15 is 0 Å². The summed E-state index contributed by atoms with van der Waals surface area (Å²) in [6.07, 6.45) is 2.39. The molecule has 0 saturated heterocycles. The van der Waals surface area contributed by atoms with Crippen LogP contribution in [0.15, 0.2) is 29.3 Å². The lowest BCUT2D eigenvalue weighted by Crippen LogP contribution is -2.19. The second-order valence-corrected chi connectivity index (χ2v) is 4.26. The van der Waals surface area contributed by atoms with Crippen LogP contribution < -0.4 is 15.2 Å². The van der Waals surface area contributed by atoms with Crippen LogP contribution in [0.4, 0.5) is 0 Å². The summed E-state index contributed by atoms with van der Waals surface area (Å²) in [7, 11) is 3.26. The molecule has 0 radical (unpaired) electrons. The molecule has 0 aliphatic heterocycles. The molecule has 0 heterocycles. The minimum absolute atomic E-state index is 0.0835. The Labute approximate surface area is 104 Å². The van der Waals surface area contributed by atoms with Gasteiger partial charge in [0.15, 0.2) is 0 Å². The minimum atomic E-state index is -0.0835. The van der Waals surface area contributed by atoms with E-state index in [4.69, 9.17) is 15.2 Å². The Morgan fingerprint density at radius 3 is 2.50 bits per heavy atom. The van der Waals surface area contributed by atoms with Crippen LogP contribution in [0.25, 0.3) is 0 Å². The Bertz CT molecular complexity index is 380. The molecule has 0 aliphatic rings. The number of nitrogens with two attached hydrogens (primary N) is 1. The Hall–Kier alpha value is -1.00. The van der Waals surface area contributed by atoms with Crippen LogP contribution in [0, 0.1) is 0 Å². The first-order chi connectivity index (χ1) is 7.62. The Balaban J connectivity index is 3.09. The molecule has 0 aliphatic carbocycles. The molecule has 3 nitrogen and oxygen atoms in total. The van der Waals surface area contributed by atoms with E-state index in [9.17, 15) is 0 Å². The molecular formula is C12H16BrNO2. The van der Waals surface area contributed by atoms with Gasteiger partial charge in [0, 0.05) is 6.04 Å². The van der Waals surface area contributed by atoms with Gasteiger partial charge in [-0.25, -0.2) is 0 Å². The molecular weight excluding hydrogens is 270 g/mol. The second-order valence-electron chi connectivity index (χ2n) is 3.40. The van der Waals surface area contributed by atoms with E-state index < -0.39 is 0 Å². The summed E-state index contributed by atoms with van der Waals surface area (Å²) in [5, 5.41) is 0. The zero-order valence-electron chi connectivity index (χ0n) is 9.50. The van der Waals surface area contributed by atoms with Crippen LogP contribution in [0.2, 0.25) is 0 Å². The third-order valence-electron chi connectivity index (χ3n) is 2.31. The second kappa shape index (κ2) is 5.92. The molecule has 1 atom stereocenters. The van der Waals surface area contributed by atoms with Gasteiger partial charge in [-0.15, -0.1) is 6.58 Å². The van der Waals surface area contributed by atoms with Gasteiger partial charge in [-0.3, -0.25) is 0 Å². The van der Waals surface area contributed by atoms with Crippen molar-refractivity contribution in [1.29, 1.82) is 0 Å². The first kappa shape index (κ1) is 13.1. The van der Waals surface area contributed by atoms with E-state index in [0.717, 1.165) is 21.5 Å². The zero-order chi connectivity index (χ0) is 12.1. The van der Waals surface area contributed by atoms with E-state index in [1.165, 1.54) is 0 Å². The van der Waals surface area contributed by atoms with Crippen molar-refractivity contribution in [2.75, 3.05) is 14.2 Å². The third-order valence-corrected chi connectivity index (χ3v) is 2.93. The molecule has 88 valence electrons. The lowest BCUT2D eigenvalue weighted by Gasteiger charge is -2.14. The van der Waals surface area contributed by atoms with Crippen molar-refractivity contribution in [2.45, 2.75) is 12.5 Å². The average Bonchev–Trinajstić information content (AvgIpc) is 2.30. The first-order valence-electron chi connectivity index (χ1n) is 4.91. The van der Waals surface area contributed by atoms with Crippen molar-refractivity contribution in [2.24, 2.45) is 5.73 Å². The highest BCUT2D eigenvalue weighted by Gasteiger charge is 2.11. The molecule has 0 bridgehead atoms. The smallest absolute Gasteiger partial charge is 0.133 e. The Kier molecular flexibility index (Phi) is 4.83. The predicted molar refractivity (Wildman–Crippen MR) is 69.1 cm³/mol. The number of benzene rings is 1. The zero-order valence-corrected chi connectivity index (χ0v) is 11.1. The topological polar surface area (TPSA) is 44.5 Å². The number of ether oxygens (including phenoxy) is 2. The fourth-order valence-corrected chi connectivity index (χ4v) is 1.90. The minimum Gasteiger partial charge on any atom is -0.496 e. The van der Waals surface area contributed by atoms with Gasteiger partial charge in [0.25, 0.3) is 0 Å². The van der Waals surface area contributed by atoms with Gasteiger partial charge in [0.1, 0.15) is 11.5 Å². The molecule has 0 fully saturated rings. The molecule has 0 spiro atoms. The average molecular weight is 286 g/mol. The summed E-state index contributed by atoms with van der Waals surface area (Å²) in [5.74, 6) is 1.57. The molecule has 0 aromatic heterocycles. The lowest BCUT2D eigenvalue weighted by molar-refractivity contribution is 0.396. The van der Waals surface area contributed by atoms with E-state index in [1.807, 2.05) is 12.1 Å². The number of hydrogen-bond acceptors (Lipinski definition) is 3. The molecule has 16 heavy (non-hydrogen) atoms. The fraction of sp³-hybridized carbons (Fsp3) is 0.333. The summed E-state index contributed by atoms with van der Waals surface area (Å²) in [4.78, 5) is 0. The third kappa shape index (κ3) is 3.00. The summed E-state index contributed by atoms with van der Waals surface area (Å²) in [6.45, 7) is 3.67. The van der Waals surface area contributed by atoms with Gasteiger partial charge in [0.05, 0.1) is 18.7 Å². The number of rotatable bonds is 5. The molecule has 0 amide bonds. The largest absolute Gasteiger partial charge is 0.496 e. The van der Waals surface area contributed by atoms with Crippen LogP contribution in [0.3, 0.4) is 0 Å². The van der Waals surface area contributed by atoms with Crippen molar-refractivity contribution >= 4 is 15.9 Å². The van der Waals surface area contributed by atoms with E-state index in [0.29, 0.717) is 6.42 Å². The molecule has 1 rings (SSSR count). The molecule has 0 saturated carbocycles. The van der Waals surface area contributed by atoms with Crippen molar-refractivity contribution in [1.82, 2.24) is 0 Å². The number of hydrogen-bond donors (Lipinski definition) is 1. The summed E-state index contributed by atoms with van der Waals surface area (Å²) in [5.41, 5.74) is 6.84. The predicted octanol–water partition coefficient (Wildman–Crippen LogP) is 2.52. The molecule has 2 N–H and O–H groups in total. The van der Waals surface area contributed by atoms with Gasteiger partial charge < -0.3 is 15.2 Å². The van der Waals surface area contributed by atoms with Gasteiger partial charge in [-0.2, -0.15) is 0 Å². The van der Waals surface area contributed by atoms with Crippen LogP contribution in [-0.4, -0.2) is 20.3 Å². The molecule has 1 aromatic carbocycles. The number of methoxy groups -OCH3 is 2. The van der Waals surface area contributed by atoms with Crippen LogP contribution in [0.5, 0.6) is 11.5 Å². The van der Waals surface area contributed by atoms with E-state index in [2.05, 4.69) is 22.5 Å². The highest BCUT2D eigenvalue weighted by molar-refractivity contribution is 9.10. The summed E-state index contributed by atoms with van der Waals surface area (Å²) in [6, 6.07) is 3.72. The van der Waals surface area contributed by atoms with Crippen LogP contribution in [-0.2, 0) is 6.42 Å². The highest BCUT2D eigenvalue weighted by Crippen LogP contribution is 2.33. The SMILES string of the molecule is C=CC(N)Cc1cc(OC)c(Br)cc1OC. The van der Waals surface area contributed by atoms with Gasteiger partial charge in [0.2, 0.25) is 0 Å². The van der Waals surface area contributed by atoms with Crippen molar-refractivity contribution in [3.8, 4) is 11.5 Å². The van der Waals surface area contributed by atoms with E-state index in [1.54, 1.807) is 20.3 Å². The fourth-order valence-electron chi connectivity index (χ4n) is 1.42. The Morgan fingerprint density at radius 1 is 1.38 bits per heavy atom. The molecule has 1 aromatic rings. The van der Waals surface area contributed by atoms with Gasteiger partial charge in [-0.1, -0.05) is 6.08 Å². The van der Waals surface area contributed by atoms with Gasteiger partial charge in [-0.05, 0) is 40.0 Å². The maximum Gasteiger partial charge on any atom is 0.133 e. The van der Waals surface area contributed by atoms with Crippen LogP contribution >= 0.6 is 15.9 Å². The number of halogens is 1. The molecule has 1 unspecified atom stereocenters. The van der Waals surface area contributed by atoms with Crippen LogP contribution in [0.1, 0.15) is 5.56 Å². The van der Waals surface area contributed by atoms with Crippen molar-refractivity contribution in [3.63, 3.8) is 0 Å². The normalized spacial score (nSPS) is 12.0. The molecule has 4 heteroatoms. The van der Waals surface area contributed by atoms with Crippen molar-refractivity contribution in [3.05, 3.63) is 34.8 Å². The quantitative estimate of drug-likeness (QED) is 0.846. The van der Waals surface area contributed by atoms with Gasteiger partial charge >= 0.3 is 0 Å². The van der Waals surface area contributed by atoms with E-state index in [-0.39, 0.29) is 6.04 Å². The maximum atomic E-state index is 5.83. The summed E-state index contributed by atoms with van der Waals surface area (Å²) >= 11 is 3.41. The monoisotopic (exact) mass is 285 g/mol. The first-order valence-corrected chi connectivity index (χ1v) is 5.70. The highest BCUT2D eigenvalue weighted by atomic mass is 79.9. The standard InChI is InChI=1S/C12H16BrNO2/c1-4-9(14)5-8-6-12(16-3)10(13)7-11(8)15-2/h4,6-7,9H,1,5,14H2,2-3H3. The summed E-state index contributed by atoms with van der Waals surface area (Å²) < 4.78 is 11.4. The lowest BCUT2D eigenvalue weighted by atomic mass is 10.1.